The van der Waals surface area contributed by atoms with Gasteiger partial charge in [0.1, 0.15) is 23.6 Å². The number of hydrogen-bond donors (Lipinski definition) is 1. The molecule has 1 aromatic heterocycles. The maximum Gasteiger partial charge on any atom is 0.278 e. The number of carbonyl (C=O) groups excluding carboxylic acids is 1. The Morgan fingerprint density at radius 1 is 1.39 bits per heavy atom. The summed E-state index contributed by atoms with van der Waals surface area (Å²) in [5.41, 5.74) is 0.0547. The normalized spacial score (nSPS) is 19.9. The van der Waals surface area contributed by atoms with Gasteiger partial charge in [-0.05, 0) is 33.1 Å². The minimum absolute atomic E-state index is 0.0547. The van der Waals surface area contributed by atoms with E-state index in [0.717, 1.165) is 24.6 Å². The van der Waals surface area contributed by atoms with Crippen molar-refractivity contribution in [3.8, 4) is 5.19 Å². The zero-order valence-corrected chi connectivity index (χ0v) is 18.1. The molecule has 0 atom stereocenters. The van der Waals surface area contributed by atoms with Gasteiger partial charge in [-0.3, -0.25) is 9.69 Å². The van der Waals surface area contributed by atoms with Crippen molar-refractivity contribution in [1.82, 2.24) is 15.2 Å². The summed E-state index contributed by atoms with van der Waals surface area (Å²) in [7, 11) is 0. The SMILES string of the molecule is CC(C)(C)N1COC(=COc2ncc(C(=O)NCCCCC3CCCC3)s2)C1. The molecule has 3 rings (SSSR count). The fourth-order valence-corrected chi connectivity index (χ4v) is 4.28. The first-order chi connectivity index (χ1) is 13.4. The molecule has 1 N–H and O–H groups in total. The summed E-state index contributed by atoms with van der Waals surface area (Å²) >= 11 is 1.26. The summed E-state index contributed by atoms with van der Waals surface area (Å²) in [5, 5.41) is 3.44. The van der Waals surface area contributed by atoms with E-state index in [9.17, 15) is 4.79 Å². The van der Waals surface area contributed by atoms with Gasteiger partial charge in [0.15, 0.2) is 0 Å². The lowest BCUT2D eigenvalue weighted by molar-refractivity contribution is 0.0943. The molecule has 1 aliphatic carbocycles. The Kier molecular flexibility index (Phi) is 7.35. The molecular formula is C21H33N3O3S. The van der Waals surface area contributed by atoms with E-state index in [1.165, 1.54) is 49.9 Å². The molecule has 0 radical (unpaired) electrons. The number of nitrogens with one attached hydrogen (secondary N) is 1. The van der Waals surface area contributed by atoms with Crippen LogP contribution in [0.1, 0.15) is 75.4 Å². The van der Waals surface area contributed by atoms with Crippen LogP contribution in [0.4, 0.5) is 0 Å². The van der Waals surface area contributed by atoms with Gasteiger partial charge in [-0.2, -0.15) is 0 Å². The molecule has 0 aromatic carbocycles. The van der Waals surface area contributed by atoms with Gasteiger partial charge < -0.3 is 14.8 Å². The van der Waals surface area contributed by atoms with Crippen molar-refractivity contribution in [2.75, 3.05) is 19.8 Å². The van der Waals surface area contributed by atoms with Gasteiger partial charge in [-0.1, -0.05) is 49.9 Å². The topological polar surface area (TPSA) is 63.7 Å². The second-order valence-electron chi connectivity index (χ2n) is 8.74. The second-order valence-corrected chi connectivity index (χ2v) is 9.73. The highest BCUT2D eigenvalue weighted by Gasteiger charge is 2.28. The molecule has 2 heterocycles. The van der Waals surface area contributed by atoms with Crippen molar-refractivity contribution in [1.29, 1.82) is 0 Å². The third-order valence-electron chi connectivity index (χ3n) is 5.50. The second kappa shape index (κ2) is 9.74. The third kappa shape index (κ3) is 6.21. The van der Waals surface area contributed by atoms with E-state index in [0.29, 0.717) is 23.3 Å². The van der Waals surface area contributed by atoms with Crippen LogP contribution in [-0.4, -0.2) is 41.2 Å². The Morgan fingerprint density at radius 2 is 2.18 bits per heavy atom. The molecule has 2 aliphatic rings. The number of thiazole rings is 1. The smallest absolute Gasteiger partial charge is 0.278 e. The molecule has 1 saturated carbocycles. The fraction of sp³-hybridized carbons (Fsp3) is 0.714. The Labute approximate surface area is 172 Å². The highest BCUT2D eigenvalue weighted by Crippen LogP contribution is 2.29. The monoisotopic (exact) mass is 407 g/mol. The number of aromatic nitrogens is 1. The van der Waals surface area contributed by atoms with Crippen molar-refractivity contribution in [3.05, 3.63) is 23.1 Å². The number of hydrogen-bond acceptors (Lipinski definition) is 6. The molecule has 0 spiro atoms. The van der Waals surface area contributed by atoms with Crippen molar-refractivity contribution >= 4 is 17.2 Å². The lowest BCUT2D eigenvalue weighted by atomic mass is 10.0. The van der Waals surface area contributed by atoms with E-state index in [4.69, 9.17) is 9.47 Å². The van der Waals surface area contributed by atoms with Crippen LogP contribution >= 0.6 is 11.3 Å². The van der Waals surface area contributed by atoms with Gasteiger partial charge in [-0.15, -0.1) is 0 Å². The summed E-state index contributed by atoms with van der Waals surface area (Å²) in [4.78, 5) is 19.2. The predicted octanol–water partition coefficient (Wildman–Crippen LogP) is 4.54. The van der Waals surface area contributed by atoms with Gasteiger partial charge in [0.05, 0.1) is 12.7 Å². The van der Waals surface area contributed by atoms with Crippen LogP contribution < -0.4 is 10.1 Å². The van der Waals surface area contributed by atoms with Crippen LogP contribution in [0.3, 0.4) is 0 Å². The Bertz CT molecular complexity index is 675. The van der Waals surface area contributed by atoms with Crippen LogP contribution in [-0.2, 0) is 4.74 Å². The van der Waals surface area contributed by atoms with Crippen molar-refractivity contribution in [2.45, 2.75) is 71.3 Å². The van der Waals surface area contributed by atoms with E-state index < -0.39 is 0 Å². The van der Waals surface area contributed by atoms with Crippen LogP contribution in [0.15, 0.2) is 18.2 Å². The van der Waals surface area contributed by atoms with E-state index in [1.807, 2.05) is 0 Å². The summed E-state index contributed by atoms with van der Waals surface area (Å²) in [6.07, 6.45) is 12.3. The summed E-state index contributed by atoms with van der Waals surface area (Å²) in [6.45, 7) is 8.45. The molecular weight excluding hydrogens is 374 g/mol. The van der Waals surface area contributed by atoms with E-state index in [2.05, 4.69) is 36.0 Å². The van der Waals surface area contributed by atoms with Crippen LogP contribution in [0.5, 0.6) is 5.19 Å². The fourth-order valence-electron chi connectivity index (χ4n) is 3.62. The van der Waals surface area contributed by atoms with E-state index >= 15 is 0 Å². The summed E-state index contributed by atoms with van der Waals surface area (Å²) in [5.74, 6) is 1.63. The van der Waals surface area contributed by atoms with Gasteiger partial charge in [0.25, 0.3) is 11.1 Å². The molecule has 7 heteroatoms. The van der Waals surface area contributed by atoms with Gasteiger partial charge in [0.2, 0.25) is 0 Å². The lowest BCUT2D eigenvalue weighted by Gasteiger charge is -2.28. The standard InChI is InChI=1S/C21H33N3O3S/c1-21(2,3)24-13-17(27-15-24)14-26-20-23-12-18(28-20)19(25)22-11-7-6-10-16-8-4-5-9-16/h12,14,16H,4-11,13,15H2,1-3H3,(H,22,25). The number of amides is 1. The number of carbonyl (C=O) groups is 1. The Morgan fingerprint density at radius 3 is 2.89 bits per heavy atom. The third-order valence-corrected chi connectivity index (χ3v) is 6.39. The van der Waals surface area contributed by atoms with Gasteiger partial charge >= 0.3 is 0 Å². The van der Waals surface area contributed by atoms with E-state index in [-0.39, 0.29) is 11.4 Å². The molecule has 0 unspecified atom stereocenters. The molecule has 0 bridgehead atoms. The first-order valence-electron chi connectivity index (χ1n) is 10.4. The first kappa shape index (κ1) is 21.1. The maximum atomic E-state index is 12.2. The quantitative estimate of drug-likeness (QED) is 0.506. The Balaban J connectivity index is 1.36. The van der Waals surface area contributed by atoms with Gasteiger partial charge in [-0.25, -0.2) is 4.98 Å². The molecule has 2 fully saturated rings. The molecule has 6 nitrogen and oxygen atoms in total. The minimum atomic E-state index is -0.0723. The molecule has 1 amide bonds. The van der Waals surface area contributed by atoms with Crippen molar-refractivity contribution in [2.24, 2.45) is 5.92 Å². The zero-order chi connectivity index (χ0) is 20.0. The van der Waals surface area contributed by atoms with Crippen LogP contribution in [0.2, 0.25) is 0 Å². The van der Waals surface area contributed by atoms with Crippen LogP contribution in [0, 0.1) is 5.92 Å². The molecule has 1 aromatic rings. The molecule has 28 heavy (non-hydrogen) atoms. The molecule has 1 saturated heterocycles. The maximum absolute atomic E-state index is 12.2. The molecule has 1 aliphatic heterocycles. The largest absolute Gasteiger partial charge is 0.478 e. The lowest BCUT2D eigenvalue weighted by Crippen LogP contribution is -2.39. The predicted molar refractivity (Wildman–Crippen MR) is 111 cm³/mol. The average Bonchev–Trinajstić information content (AvgIpc) is 3.39. The Hall–Kier alpha value is -1.60. The molecule has 156 valence electrons. The van der Waals surface area contributed by atoms with Gasteiger partial charge in [0, 0.05) is 12.1 Å². The summed E-state index contributed by atoms with van der Waals surface area (Å²) in [6, 6.07) is 0. The number of ether oxygens (including phenoxy) is 2. The number of nitrogens with zero attached hydrogens (tertiary/aromatic N) is 2. The number of rotatable bonds is 8. The average molecular weight is 408 g/mol. The number of unbranched alkanes of at least 4 members (excludes halogenated alkanes) is 1. The van der Waals surface area contributed by atoms with Crippen molar-refractivity contribution < 1.29 is 14.3 Å². The first-order valence-corrected chi connectivity index (χ1v) is 11.2. The van der Waals surface area contributed by atoms with E-state index in [1.54, 1.807) is 12.5 Å². The summed E-state index contributed by atoms with van der Waals surface area (Å²) < 4.78 is 11.2. The highest BCUT2D eigenvalue weighted by molar-refractivity contribution is 7.15. The highest BCUT2D eigenvalue weighted by atomic mass is 32.1. The zero-order valence-electron chi connectivity index (χ0n) is 17.3. The van der Waals surface area contributed by atoms with Crippen LogP contribution in [0.25, 0.3) is 0 Å². The van der Waals surface area contributed by atoms with Crippen molar-refractivity contribution in [3.63, 3.8) is 0 Å². The minimum Gasteiger partial charge on any atom is -0.478 e.